The minimum Gasteiger partial charge on any atom is -0.369 e. The summed E-state index contributed by atoms with van der Waals surface area (Å²) in [4.78, 5) is 22.5. The Kier molecular flexibility index (Phi) is 6.64. The van der Waals surface area contributed by atoms with Crippen LogP contribution in [0.1, 0.15) is 29.6 Å². The normalized spacial score (nSPS) is 19.6. The molecule has 0 spiro atoms. The van der Waals surface area contributed by atoms with Gasteiger partial charge in [-0.3, -0.25) is 4.79 Å². The monoisotopic (exact) mass is 445 g/mol. The van der Waals surface area contributed by atoms with E-state index in [1.54, 1.807) is 0 Å². The number of primary amides is 1. The molecule has 2 atom stereocenters. The maximum Gasteiger partial charge on any atom is 0.254 e. The van der Waals surface area contributed by atoms with Crippen molar-refractivity contribution in [1.82, 2.24) is 15.3 Å². The molecular weight excluding hydrogens is 418 g/mol. The lowest BCUT2D eigenvalue weighted by molar-refractivity contribution is 0.100. The number of nitrogens with two attached hydrogens (primary N) is 1. The molecule has 11 heteroatoms. The maximum absolute atomic E-state index is 11.6. The first-order valence-electron chi connectivity index (χ1n) is 10.3. The number of benzene rings is 1. The summed E-state index contributed by atoms with van der Waals surface area (Å²) in [5.41, 5.74) is 7.63. The van der Waals surface area contributed by atoms with Gasteiger partial charge >= 0.3 is 0 Å². The van der Waals surface area contributed by atoms with Crippen LogP contribution >= 0.6 is 0 Å². The summed E-state index contributed by atoms with van der Waals surface area (Å²) >= 11 is -1.76. The van der Waals surface area contributed by atoms with Gasteiger partial charge in [0.25, 0.3) is 5.91 Å². The molecule has 6 N–H and O–H groups in total. The molecule has 0 radical (unpaired) electrons. The van der Waals surface area contributed by atoms with E-state index in [0.29, 0.717) is 24.2 Å². The second kappa shape index (κ2) is 9.58. The topological polar surface area (TPSA) is 146 Å². The molecule has 2 unspecified atom stereocenters. The summed E-state index contributed by atoms with van der Waals surface area (Å²) in [6.07, 6.45) is 4.21. The molecule has 2 fully saturated rings. The fourth-order valence-electron chi connectivity index (χ4n) is 3.53. The molecule has 2 heterocycles. The first kappa shape index (κ1) is 21.5. The van der Waals surface area contributed by atoms with E-state index in [1.165, 1.54) is 6.20 Å². The predicted molar refractivity (Wildman–Crippen MR) is 121 cm³/mol. The van der Waals surface area contributed by atoms with Crippen molar-refractivity contribution >= 4 is 40.1 Å². The van der Waals surface area contributed by atoms with Crippen molar-refractivity contribution in [3.05, 3.63) is 36.0 Å². The summed E-state index contributed by atoms with van der Waals surface area (Å²) in [6.45, 7) is 2.50. The quantitative estimate of drug-likeness (QED) is 0.360. The number of anilines is 4. The number of aromatic nitrogens is 2. The van der Waals surface area contributed by atoms with Crippen LogP contribution in [0.2, 0.25) is 0 Å². The van der Waals surface area contributed by atoms with E-state index in [9.17, 15) is 9.00 Å². The summed E-state index contributed by atoms with van der Waals surface area (Å²) in [5.74, 6) is 0.569. The van der Waals surface area contributed by atoms with Crippen LogP contribution in [-0.2, 0) is 11.1 Å². The van der Waals surface area contributed by atoms with Gasteiger partial charge in [-0.1, -0.05) is 0 Å². The maximum atomic E-state index is 11.6. The Morgan fingerprint density at radius 2 is 2.10 bits per heavy atom. The van der Waals surface area contributed by atoms with Crippen LogP contribution in [0, 0.1) is 0 Å². The summed E-state index contributed by atoms with van der Waals surface area (Å²) in [6, 6.07) is 8.48. The smallest absolute Gasteiger partial charge is 0.254 e. The van der Waals surface area contributed by atoms with E-state index >= 15 is 0 Å². The molecule has 31 heavy (non-hydrogen) atoms. The first-order valence-corrected chi connectivity index (χ1v) is 11.6. The number of nitrogens with one attached hydrogen (secondary N) is 3. The van der Waals surface area contributed by atoms with Crippen LogP contribution in [0.3, 0.4) is 0 Å². The Labute approximate surface area is 183 Å². The zero-order valence-electron chi connectivity index (χ0n) is 17.1. The van der Waals surface area contributed by atoms with Crippen molar-refractivity contribution in [2.24, 2.45) is 5.73 Å². The number of hydrogen-bond donors (Lipinski definition) is 5. The molecule has 4 rings (SSSR count). The number of piperazine rings is 1. The minimum atomic E-state index is -1.76. The van der Waals surface area contributed by atoms with Crippen LogP contribution in [0.15, 0.2) is 30.5 Å². The number of hydrogen-bond acceptors (Lipinski definition) is 8. The highest BCUT2D eigenvalue weighted by Crippen LogP contribution is 2.27. The molecular formula is C20H27N7O3S. The van der Waals surface area contributed by atoms with Gasteiger partial charge in [-0.15, -0.1) is 0 Å². The Balaban J connectivity index is 1.40. The van der Waals surface area contributed by atoms with E-state index in [4.69, 9.17) is 10.3 Å². The molecule has 10 nitrogen and oxygen atoms in total. The summed E-state index contributed by atoms with van der Waals surface area (Å²) in [5, 5.41) is 9.79. The van der Waals surface area contributed by atoms with Gasteiger partial charge in [0.15, 0.2) is 11.1 Å². The van der Waals surface area contributed by atoms with Crippen LogP contribution in [0.5, 0.6) is 0 Å². The molecule has 2 aliphatic rings. The molecule has 1 saturated carbocycles. The number of nitrogens with zero attached hydrogens (tertiary/aromatic N) is 3. The van der Waals surface area contributed by atoms with Crippen molar-refractivity contribution in [3.63, 3.8) is 0 Å². The average molecular weight is 446 g/mol. The number of carbonyl (C=O) groups excluding carboxylic acids is 1. The molecule has 2 aromatic rings. The molecule has 1 aliphatic carbocycles. The van der Waals surface area contributed by atoms with E-state index in [0.717, 1.165) is 43.9 Å². The molecule has 1 amide bonds. The highest BCUT2D eigenvalue weighted by molar-refractivity contribution is 7.79. The van der Waals surface area contributed by atoms with Crippen molar-refractivity contribution in [1.29, 1.82) is 0 Å². The fourth-order valence-corrected chi connectivity index (χ4v) is 4.02. The molecule has 1 saturated heterocycles. The highest BCUT2D eigenvalue weighted by Gasteiger charge is 2.24. The van der Waals surface area contributed by atoms with E-state index in [2.05, 4.69) is 30.8 Å². The second-order valence-electron chi connectivity index (χ2n) is 7.82. The molecule has 1 aromatic carbocycles. The lowest BCUT2D eigenvalue weighted by Crippen LogP contribution is -2.51. The molecule has 166 valence electrons. The van der Waals surface area contributed by atoms with Gasteiger partial charge in [0.1, 0.15) is 5.82 Å². The van der Waals surface area contributed by atoms with Gasteiger partial charge in [0.2, 0.25) is 5.95 Å². The summed E-state index contributed by atoms with van der Waals surface area (Å²) < 4.78 is 19.9. The van der Waals surface area contributed by atoms with Crippen LogP contribution < -0.4 is 26.6 Å². The molecule has 0 bridgehead atoms. The van der Waals surface area contributed by atoms with Crippen molar-refractivity contribution in [2.75, 3.05) is 40.9 Å². The number of amides is 1. The third-order valence-electron chi connectivity index (χ3n) is 5.36. The van der Waals surface area contributed by atoms with Gasteiger partial charge in [-0.25, -0.2) is 9.19 Å². The Morgan fingerprint density at radius 1 is 1.32 bits per heavy atom. The van der Waals surface area contributed by atoms with Gasteiger partial charge < -0.3 is 31.1 Å². The van der Waals surface area contributed by atoms with Crippen molar-refractivity contribution < 1.29 is 13.6 Å². The first-order chi connectivity index (χ1) is 15.0. The Hall–Kier alpha value is -2.76. The lowest BCUT2D eigenvalue weighted by atomic mass is 10.1. The zero-order valence-corrected chi connectivity index (χ0v) is 17.9. The SMILES string of the molecule is NC(=O)c1cnc(Nc2ccc(N3CCNC(CCS(=O)O)C3)cc2)nc1NC1CC1. The van der Waals surface area contributed by atoms with Gasteiger partial charge in [0.05, 0.1) is 11.3 Å². The average Bonchev–Trinajstić information content (AvgIpc) is 3.57. The number of carbonyl (C=O) groups is 1. The fraction of sp³-hybridized carbons (Fsp3) is 0.450. The van der Waals surface area contributed by atoms with Crippen molar-refractivity contribution in [2.45, 2.75) is 31.3 Å². The largest absolute Gasteiger partial charge is 0.369 e. The Morgan fingerprint density at radius 3 is 2.77 bits per heavy atom. The van der Waals surface area contributed by atoms with Crippen molar-refractivity contribution in [3.8, 4) is 0 Å². The van der Waals surface area contributed by atoms with Crippen LogP contribution in [-0.4, -0.2) is 62.1 Å². The highest BCUT2D eigenvalue weighted by atomic mass is 32.2. The van der Waals surface area contributed by atoms with Crippen LogP contribution in [0.25, 0.3) is 0 Å². The molecule has 1 aliphatic heterocycles. The zero-order chi connectivity index (χ0) is 21.8. The van der Waals surface area contributed by atoms with Gasteiger partial charge in [-0.05, 0) is 43.5 Å². The van der Waals surface area contributed by atoms with E-state index in [1.807, 2.05) is 24.3 Å². The van der Waals surface area contributed by atoms with Gasteiger partial charge in [0, 0.05) is 49.3 Å². The second-order valence-corrected chi connectivity index (χ2v) is 8.87. The third-order valence-corrected chi connectivity index (χ3v) is 5.94. The number of rotatable bonds is 9. The minimum absolute atomic E-state index is 0.192. The van der Waals surface area contributed by atoms with E-state index in [-0.39, 0.29) is 17.4 Å². The predicted octanol–water partition coefficient (Wildman–Crippen LogP) is 1.28. The van der Waals surface area contributed by atoms with E-state index < -0.39 is 17.0 Å². The lowest BCUT2D eigenvalue weighted by Gasteiger charge is -2.35. The third kappa shape index (κ3) is 5.90. The Bertz CT molecular complexity index is 952. The molecule has 1 aromatic heterocycles. The van der Waals surface area contributed by atoms with Crippen LogP contribution in [0.4, 0.5) is 23.1 Å². The summed E-state index contributed by atoms with van der Waals surface area (Å²) in [7, 11) is 0. The standard InChI is InChI=1S/C20H27N7O3S/c21-18(28)17-11-23-20(26-19(17)24-13-1-2-13)25-14-3-5-16(6-4-14)27-9-8-22-15(12-27)7-10-31(29)30/h3-6,11,13,15,22H,1-2,7-10,12H2,(H2,21,28)(H,29,30)(H2,23,24,25,26). The van der Waals surface area contributed by atoms with Gasteiger partial charge in [-0.2, -0.15) is 4.98 Å².